The highest BCUT2D eigenvalue weighted by molar-refractivity contribution is 5.93. The molecule has 1 unspecified atom stereocenters. The molecule has 0 aromatic carbocycles. The smallest absolute Gasteiger partial charge is 0.263 e. The monoisotopic (exact) mass is 359 g/mol. The van der Waals surface area contributed by atoms with Gasteiger partial charge in [0.2, 0.25) is 5.91 Å². The molecule has 0 bridgehead atoms. The van der Waals surface area contributed by atoms with Crippen molar-refractivity contribution in [2.24, 2.45) is 0 Å². The number of aromatic nitrogens is 2. The summed E-state index contributed by atoms with van der Waals surface area (Å²) in [6, 6.07) is 0. The van der Waals surface area contributed by atoms with E-state index in [9.17, 15) is 14.4 Å². The van der Waals surface area contributed by atoms with Gasteiger partial charge >= 0.3 is 0 Å². The predicted molar refractivity (Wildman–Crippen MR) is 95.0 cm³/mol. The lowest BCUT2D eigenvalue weighted by molar-refractivity contribution is -0.121. The minimum absolute atomic E-state index is 0.0648. The molecular weight excluding hydrogens is 334 g/mol. The zero-order valence-electron chi connectivity index (χ0n) is 15.1. The van der Waals surface area contributed by atoms with E-state index in [1.54, 1.807) is 4.90 Å². The molecule has 0 radical (unpaired) electrons. The molecule has 2 N–H and O–H groups in total. The number of amides is 2. The zero-order chi connectivity index (χ0) is 18.3. The van der Waals surface area contributed by atoms with Crippen LogP contribution in [0.15, 0.2) is 11.0 Å². The standard InChI is InChI=1S/C18H25N5O3/c1-22-8-9-23(11-18(22)5-4-14(24)19-7-6-18)17(26)13-10-20-15(12-2-3-12)21-16(13)25/h10,12H,2-9,11H2,1H3,(H,19,24)(H,20,21,25). The number of rotatable bonds is 2. The fraction of sp³-hybridized carbons (Fsp3) is 0.667. The van der Waals surface area contributed by atoms with Crippen molar-refractivity contribution in [3.8, 4) is 0 Å². The minimum Gasteiger partial charge on any atom is -0.356 e. The van der Waals surface area contributed by atoms with Crippen molar-refractivity contribution in [1.82, 2.24) is 25.1 Å². The van der Waals surface area contributed by atoms with E-state index >= 15 is 0 Å². The zero-order valence-corrected chi connectivity index (χ0v) is 15.1. The lowest BCUT2D eigenvalue weighted by atomic mass is 9.86. The topological polar surface area (TPSA) is 98.4 Å². The second-order valence-corrected chi connectivity index (χ2v) is 7.76. The van der Waals surface area contributed by atoms with Crippen LogP contribution in [0.3, 0.4) is 0 Å². The third kappa shape index (κ3) is 3.13. The van der Waals surface area contributed by atoms with Gasteiger partial charge in [-0.25, -0.2) is 4.98 Å². The van der Waals surface area contributed by atoms with Crippen molar-refractivity contribution in [1.29, 1.82) is 0 Å². The molecule has 3 fully saturated rings. The van der Waals surface area contributed by atoms with Gasteiger partial charge < -0.3 is 15.2 Å². The van der Waals surface area contributed by atoms with Crippen LogP contribution in [-0.2, 0) is 4.79 Å². The molecular formula is C18H25N5O3. The number of carbonyl (C=O) groups excluding carboxylic acids is 2. The van der Waals surface area contributed by atoms with Crippen molar-refractivity contribution in [3.05, 3.63) is 27.9 Å². The Hall–Kier alpha value is -2.22. The number of hydrogen-bond acceptors (Lipinski definition) is 5. The lowest BCUT2D eigenvalue weighted by Gasteiger charge is -2.49. The van der Waals surface area contributed by atoms with Gasteiger partial charge in [0.1, 0.15) is 11.4 Å². The van der Waals surface area contributed by atoms with Crippen molar-refractivity contribution < 1.29 is 9.59 Å². The van der Waals surface area contributed by atoms with Crippen LogP contribution in [0.5, 0.6) is 0 Å². The van der Waals surface area contributed by atoms with Crippen LogP contribution in [0.4, 0.5) is 0 Å². The number of nitrogens with one attached hydrogen (secondary N) is 2. The molecule has 3 aliphatic rings. The van der Waals surface area contributed by atoms with Crippen LogP contribution in [0, 0.1) is 0 Å². The molecule has 4 rings (SSSR count). The molecule has 1 aromatic rings. The van der Waals surface area contributed by atoms with Gasteiger partial charge in [0.15, 0.2) is 0 Å². The number of piperazine rings is 1. The van der Waals surface area contributed by atoms with E-state index < -0.39 is 0 Å². The van der Waals surface area contributed by atoms with Crippen molar-refractivity contribution in [2.45, 2.75) is 43.6 Å². The molecule has 140 valence electrons. The van der Waals surface area contributed by atoms with E-state index in [0.717, 1.165) is 25.8 Å². The number of aromatic amines is 1. The number of likely N-dealkylation sites (N-methyl/N-ethyl adjacent to an activating group) is 1. The second kappa shape index (κ2) is 6.50. The van der Waals surface area contributed by atoms with Crippen molar-refractivity contribution >= 4 is 11.8 Å². The third-order valence-corrected chi connectivity index (χ3v) is 6.03. The fourth-order valence-corrected chi connectivity index (χ4v) is 4.07. The molecule has 3 heterocycles. The van der Waals surface area contributed by atoms with E-state index in [1.807, 2.05) is 0 Å². The van der Waals surface area contributed by atoms with E-state index in [2.05, 4.69) is 27.2 Å². The summed E-state index contributed by atoms with van der Waals surface area (Å²) in [7, 11) is 2.05. The van der Waals surface area contributed by atoms with Crippen LogP contribution < -0.4 is 10.9 Å². The first-order valence-corrected chi connectivity index (χ1v) is 9.35. The highest BCUT2D eigenvalue weighted by Gasteiger charge is 2.42. The molecule has 8 nitrogen and oxygen atoms in total. The number of nitrogens with zero attached hydrogens (tertiary/aromatic N) is 3. The normalized spacial score (nSPS) is 27.3. The number of hydrogen-bond donors (Lipinski definition) is 2. The average molecular weight is 359 g/mol. The average Bonchev–Trinajstić information content (AvgIpc) is 3.47. The van der Waals surface area contributed by atoms with Crippen LogP contribution in [0.25, 0.3) is 0 Å². The Labute approximate surface area is 152 Å². The van der Waals surface area contributed by atoms with E-state index in [-0.39, 0.29) is 28.5 Å². The Morgan fingerprint density at radius 2 is 2.08 bits per heavy atom. The summed E-state index contributed by atoms with van der Waals surface area (Å²) in [6.07, 6.45) is 5.50. The summed E-state index contributed by atoms with van der Waals surface area (Å²) in [5.41, 5.74) is -0.462. The van der Waals surface area contributed by atoms with Crippen LogP contribution in [0.1, 0.15) is 54.2 Å². The summed E-state index contributed by atoms with van der Waals surface area (Å²) in [6.45, 7) is 2.44. The maximum absolute atomic E-state index is 13.0. The Kier molecular flexibility index (Phi) is 4.30. The SMILES string of the molecule is CN1CCN(C(=O)c2cnc(C3CC3)[nH]c2=O)CC12CCNC(=O)CC2. The molecule has 8 heteroatoms. The molecule has 2 amide bonds. The maximum atomic E-state index is 13.0. The van der Waals surface area contributed by atoms with Crippen LogP contribution >= 0.6 is 0 Å². The van der Waals surface area contributed by atoms with Crippen molar-refractivity contribution in [3.63, 3.8) is 0 Å². The highest BCUT2D eigenvalue weighted by Crippen LogP contribution is 2.37. The Balaban J connectivity index is 1.54. The molecule has 1 spiro atoms. The van der Waals surface area contributed by atoms with Crippen LogP contribution in [-0.4, -0.2) is 70.3 Å². The lowest BCUT2D eigenvalue weighted by Crippen LogP contribution is -2.62. The van der Waals surface area contributed by atoms with E-state index in [1.165, 1.54) is 6.20 Å². The van der Waals surface area contributed by atoms with Gasteiger partial charge in [0.05, 0.1) is 0 Å². The van der Waals surface area contributed by atoms with Gasteiger partial charge in [0, 0.05) is 50.3 Å². The second-order valence-electron chi connectivity index (χ2n) is 7.76. The highest BCUT2D eigenvalue weighted by atomic mass is 16.2. The van der Waals surface area contributed by atoms with Gasteiger partial charge in [-0.15, -0.1) is 0 Å². The summed E-state index contributed by atoms with van der Waals surface area (Å²) in [4.78, 5) is 48.1. The van der Waals surface area contributed by atoms with Crippen molar-refractivity contribution in [2.75, 3.05) is 33.2 Å². The Bertz CT molecular complexity index is 787. The molecule has 2 saturated heterocycles. The molecule has 1 aliphatic carbocycles. The molecule has 2 aliphatic heterocycles. The summed E-state index contributed by atoms with van der Waals surface area (Å²) in [5, 5.41) is 2.91. The third-order valence-electron chi connectivity index (χ3n) is 6.03. The quantitative estimate of drug-likeness (QED) is 0.779. The largest absolute Gasteiger partial charge is 0.356 e. The molecule has 1 saturated carbocycles. The first-order chi connectivity index (χ1) is 12.5. The van der Waals surface area contributed by atoms with Gasteiger partial charge in [-0.2, -0.15) is 0 Å². The molecule has 26 heavy (non-hydrogen) atoms. The van der Waals surface area contributed by atoms with E-state index in [0.29, 0.717) is 44.2 Å². The number of carbonyl (C=O) groups is 2. The first kappa shape index (κ1) is 17.2. The fourth-order valence-electron chi connectivity index (χ4n) is 4.07. The van der Waals surface area contributed by atoms with Gasteiger partial charge in [-0.1, -0.05) is 0 Å². The van der Waals surface area contributed by atoms with Gasteiger partial charge in [-0.05, 0) is 32.7 Å². The summed E-state index contributed by atoms with van der Waals surface area (Å²) >= 11 is 0. The van der Waals surface area contributed by atoms with Crippen LogP contribution in [0.2, 0.25) is 0 Å². The minimum atomic E-state index is -0.349. The Morgan fingerprint density at radius 3 is 2.81 bits per heavy atom. The van der Waals surface area contributed by atoms with Gasteiger partial charge in [-0.3, -0.25) is 19.3 Å². The molecule has 1 aromatic heterocycles. The summed E-state index contributed by atoms with van der Waals surface area (Å²) < 4.78 is 0. The summed E-state index contributed by atoms with van der Waals surface area (Å²) in [5.74, 6) is 0.830. The van der Waals surface area contributed by atoms with Gasteiger partial charge in [0.25, 0.3) is 11.5 Å². The first-order valence-electron chi connectivity index (χ1n) is 9.35. The number of H-pyrrole nitrogens is 1. The van der Waals surface area contributed by atoms with E-state index in [4.69, 9.17) is 0 Å². The Morgan fingerprint density at radius 1 is 1.27 bits per heavy atom. The molecule has 1 atom stereocenters. The predicted octanol–water partition coefficient (Wildman–Crippen LogP) is 0.0738. The maximum Gasteiger partial charge on any atom is 0.263 e.